The molecule has 7 heteroatoms. The number of halogens is 1. The Hall–Kier alpha value is -2.54. The minimum atomic E-state index is -0.309. The van der Waals surface area contributed by atoms with E-state index in [0.717, 1.165) is 15.7 Å². The van der Waals surface area contributed by atoms with Crippen LogP contribution in [0.4, 0.5) is 5.69 Å². The Balaban J connectivity index is 2.03. The zero-order valence-electron chi connectivity index (χ0n) is 18.8. The number of hydrogen-bond acceptors (Lipinski definition) is 4. The molecule has 0 fully saturated rings. The van der Waals surface area contributed by atoms with Crippen LogP contribution in [0.15, 0.2) is 46.9 Å². The third-order valence-corrected chi connectivity index (χ3v) is 4.67. The molecule has 0 atom stereocenters. The van der Waals surface area contributed by atoms with Gasteiger partial charge in [-0.1, -0.05) is 35.8 Å². The van der Waals surface area contributed by atoms with Crippen molar-refractivity contribution in [2.24, 2.45) is 5.92 Å². The fourth-order valence-corrected chi connectivity index (χ4v) is 3.20. The van der Waals surface area contributed by atoms with Crippen molar-refractivity contribution in [3.63, 3.8) is 0 Å². The molecule has 2 aromatic carbocycles. The van der Waals surface area contributed by atoms with Crippen LogP contribution in [0.5, 0.6) is 5.75 Å². The smallest absolute Gasteiger partial charge is 0.258 e. The van der Waals surface area contributed by atoms with Gasteiger partial charge in [0.05, 0.1) is 0 Å². The van der Waals surface area contributed by atoms with E-state index in [1.165, 1.54) is 0 Å². The SMILES string of the molecule is CC(C)CNC(=O)c1cccc(NCc2cc(Br)ccc2OCC(=O)NC(C)(C)C)c1. The number of amides is 2. The Labute approximate surface area is 193 Å². The van der Waals surface area contributed by atoms with Crippen molar-refractivity contribution >= 4 is 33.4 Å². The standard InChI is InChI=1S/C24H32BrN3O3/c1-16(2)13-27-23(30)17-7-6-8-20(12-17)26-14-18-11-19(25)9-10-21(18)31-15-22(29)28-24(3,4)5/h6-12,16,26H,13-15H2,1-5H3,(H,27,30)(H,28,29). The Morgan fingerprint density at radius 2 is 1.84 bits per heavy atom. The number of benzene rings is 2. The summed E-state index contributed by atoms with van der Waals surface area (Å²) in [5.74, 6) is 0.763. The van der Waals surface area contributed by atoms with Crippen LogP contribution < -0.4 is 20.7 Å². The van der Waals surface area contributed by atoms with Gasteiger partial charge >= 0.3 is 0 Å². The van der Waals surface area contributed by atoms with E-state index in [1.54, 1.807) is 6.07 Å². The highest BCUT2D eigenvalue weighted by atomic mass is 79.9. The highest BCUT2D eigenvalue weighted by molar-refractivity contribution is 9.10. The van der Waals surface area contributed by atoms with Crippen molar-refractivity contribution in [2.45, 2.75) is 46.7 Å². The molecular formula is C24H32BrN3O3. The molecule has 6 nitrogen and oxygen atoms in total. The number of rotatable bonds is 9. The van der Waals surface area contributed by atoms with Gasteiger partial charge < -0.3 is 20.7 Å². The Bertz CT molecular complexity index is 907. The molecule has 2 rings (SSSR count). The maximum absolute atomic E-state index is 12.3. The number of carbonyl (C=O) groups is 2. The molecule has 31 heavy (non-hydrogen) atoms. The molecule has 3 N–H and O–H groups in total. The number of nitrogens with one attached hydrogen (secondary N) is 3. The molecular weight excluding hydrogens is 458 g/mol. The van der Waals surface area contributed by atoms with Gasteiger partial charge in [0.25, 0.3) is 11.8 Å². The maximum Gasteiger partial charge on any atom is 0.258 e. The summed E-state index contributed by atoms with van der Waals surface area (Å²) in [5.41, 5.74) is 2.02. The lowest BCUT2D eigenvalue weighted by Gasteiger charge is -2.21. The van der Waals surface area contributed by atoms with Gasteiger partial charge in [0.1, 0.15) is 5.75 Å². The summed E-state index contributed by atoms with van der Waals surface area (Å²) in [6.07, 6.45) is 0. The molecule has 0 aliphatic rings. The molecule has 0 saturated heterocycles. The first-order valence-corrected chi connectivity index (χ1v) is 11.2. The number of hydrogen-bond donors (Lipinski definition) is 3. The largest absolute Gasteiger partial charge is 0.483 e. The highest BCUT2D eigenvalue weighted by Crippen LogP contribution is 2.24. The van der Waals surface area contributed by atoms with Crippen molar-refractivity contribution in [1.29, 1.82) is 0 Å². The first kappa shape index (κ1) is 24.7. The summed E-state index contributed by atoms with van der Waals surface area (Å²) in [5, 5.41) is 9.15. The van der Waals surface area contributed by atoms with E-state index in [9.17, 15) is 9.59 Å². The molecule has 2 aromatic rings. The molecule has 0 saturated carbocycles. The molecule has 0 aliphatic heterocycles. The Kier molecular flexibility index (Phi) is 8.92. The van der Waals surface area contributed by atoms with Crippen molar-refractivity contribution < 1.29 is 14.3 Å². The van der Waals surface area contributed by atoms with E-state index >= 15 is 0 Å². The number of ether oxygens (including phenoxy) is 1. The molecule has 0 aromatic heterocycles. The van der Waals surface area contributed by atoms with Gasteiger partial charge in [0.15, 0.2) is 6.61 Å². The van der Waals surface area contributed by atoms with Crippen LogP contribution in [-0.4, -0.2) is 30.5 Å². The first-order valence-electron chi connectivity index (χ1n) is 10.4. The van der Waals surface area contributed by atoms with Gasteiger partial charge in [-0.15, -0.1) is 0 Å². The average molecular weight is 490 g/mol. The van der Waals surface area contributed by atoms with Gasteiger partial charge in [-0.05, 0) is 63.1 Å². The molecule has 2 amide bonds. The predicted octanol–water partition coefficient (Wildman–Crippen LogP) is 4.74. The maximum atomic E-state index is 12.3. The van der Waals surface area contributed by atoms with Gasteiger partial charge in [0.2, 0.25) is 0 Å². The van der Waals surface area contributed by atoms with Crippen molar-refractivity contribution in [2.75, 3.05) is 18.5 Å². The summed E-state index contributed by atoms with van der Waals surface area (Å²) in [6.45, 7) is 11.0. The van der Waals surface area contributed by atoms with E-state index in [0.29, 0.717) is 30.3 Å². The zero-order valence-corrected chi connectivity index (χ0v) is 20.4. The van der Waals surface area contributed by atoms with Crippen LogP contribution >= 0.6 is 15.9 Å². The topological polar surface area (TPSA) is 79.5 Å². The monoisotopic (exact) mass is 489 g/mol. The second-order valence-electron chi connectivity index (χ2n) is 8.88. The van der Waals surface area contributed by atoms with Crippen LogP contribution in [0.1, 0.15) is 50.5 Å². The lowest BCUT2D eigenvalue weighted by atomic mass is 10.1. The number of anilines is 1. The highest BCUT2D eigenvalue weighted by Gasteiger charge is 2.15. The van der Waals surface area contributed by atoms with Crippen LogP contribution in [0.2, 0.25) is 0 Å². The molecule has 0 radical (unpaired) electrons. The Morgan fingerprint density at radius 1 is 1.10 bits per heavy atom. The lowest BCUT2D eigenvalue weighted by Crippen LogP contribution is -2.43. The van der Waals surface area contributed by atoms with Gasteiger partial charge in [-0.2, -0.15) is 0 Å². The van der Waals surface area contributed by atoms with Crippen LogP contribution in [0.3, 0.4) is 0 Å². The normalized spacial score (nSPS) is 11.2. The first-order chi connectivity index (χ1) is 14.5. The Morgan fingerprint density at radius 3 is 2.52 bits per heavy atom. The van der Waals surface area contributed by atoms with Gasteiger partial charge in [0, 0.05) is 39.9 Å². The third-order valence-electron chi connectivity index (χ3n) is 4.17. The van der Waals surface area contributed by atoms with Gasteiger partial charge in [-0.25, -0.2) is 0 Å². The summed E-state index contributed by atoms with van der Waals surface area (Å²) in [7, 11) is 0. The van der Waals surface area contributed by atoms with E-state index in [-0.39, 0.29) is 24.0 Å². The van der Waals surface area contributed by atoms with Crippen molar-refractivity contribution in [1.82, 2.24) is 10.6 Å². The molecule has 0 aliphatic carbocycles. The van der Waals surface area contributed by atoms with E-state index < -0.39 is 0 Å². The van der Waals surface area contributed by atoms with Crippen LogP contribution in [0.25, 0.3) is 0 Å². The minimum Gasteiger partial charge on any atom is -0.483 e. The van der Waals surface area contributed by atoms with Crippen LogP contribution in [0, 0.1) is 5.92 Å². The average Bonchev–Trinajstić information content (AvgIpc) is 2.68. The van der Waals surface area contributed by atoms with Crippen molar-refractivity contribution in [3.05, 3.63) is 58.1 Å². The summed E-state index contributed by atoms with van der Waals surface area (Å²) in [4.78, 5) is 24.4. The summed E-state index contributed by atoms with van der Waals surface area (Å²) >= 11 is 3.49. The van der Waals surface area contributed by atoms with E-state index in [1.807, 2.05) is 57.2 Å². The fraction of sp³-hybridized carbons (Fsp3) is 0.417. The molecule has 0 unspecified atom stereocenters. The molecule has 0 bridgehead atoms. The zero-order chi connectivity index (χ0) is 23.0. The number of carbonyl (C=O) groups excluding carboxylic acids is 2. The molecule has 0 spiro atoms. The summed E-state index contributed by atoms with van der Waals surface area (Å²) in [6, 6.07) is 13.0. The minimum absolute atomic E-state index is 0.0581. The molecule has 0 heterocycles. The third kappa shape index (κ3) is 9.00. The quantitative estimate of drug-likeness (QED) is 0.475. The van der Waals surface area contributed by atoms with Crippen LogP contribution in [-0.2, 0) is 11.3 Å². The van der Waals surface area contributed by atoms with Gasteiger partial charge in [-0.3, -0.25) is 9.59 Å². The van der Waals surface area contributed by atoms with Crippen molar-refractivity contribution in [3.8, 4) is 5.75 Å². The predicted molar refractivity (Wildman–Crippen MR) is 128 cm³/mol. The summed E-state index contributed by atoms with van der Waals surface area (Å²) < 4.78 is 6.68. The second-order valence-corrected chi connectivity index (χ2v) is 9.79. The second kappa shape index (κ2) is 11.2. The van der Waals surface area contributed by atoms with E-state index in [4.69, 9.17) is 4.74 Å². The van der Waals surface area contributed by atoms with E-state index in [2.05, 4.69) is 45.7 Å². The lowest BCUT2D eigenvalue weighted by molar-refractivity contribution is -0.124. The fourth-order valence-electron chi connectivity index (χ4n) is 2.79. The molecule has 168 valence electrons.